The number of alkyl halides is 1. The van der Waals surface area contributed by atoms with Gasteiger partial charge in [0.25, 0.3) is 0 Å². The summed E-state index contributed by atoms with van der Waals surface area (Å²) in [7, 11) is 0. The molecule has 0 aromatic carbocycles. The first-order chi connectivity index (χ1) is 21.7. The summed E-state index contributed by atoms with van der Waals surface area (Å²) in [4.78, 5) is 0. The summed E-state index contributed by atoms with van der Waals surface area (Å²) >= 11 is 0. The largest absolute Gasteiger partial charge is 0.499 e. The Morgan fingerprint density at radius 2 is 1.09 bits per heavy atom. The van der Waals surface area contributed by atoms with Crippen LogP contribution in [0.1, 0.15) is 74.1 Å². The van der Waals surface area contributed by atoms with Crippen LogP contribution in [0.15, 0.2) is 25.7 Å². The van der Waals surface area contributed by atoms with Gasteiger partial charge < -0.3 is 52.8 Å². The van der Waals surface area contributed by atoms with Crippen LogP contribution in [0.3, 0.4) is 0 Å². The van der Waals surface area contributed by atoms with Crippen LogP contribution in [-0.2, 0) is 42.6 Å². The summed E-state index contributed by atoms with van der Waals surface area (Å²) < 4.78 is 66.2. The second-order valence-corrected chi connectivity index (χ2v) is 12.5. The lowest BCUT2D eigenvalue weighted by molar-refractivity contribution is -0.189. The molecule has 0 radical (unpaired) electrons. The monoisotopic (exact) mass is 668 g/mol. The van der Waals surface area contributed by atoms with Crippen LogP contribution in [-0.4, -0.2) is 131 Å². The molecular weight excluding hydrogens is 603 g/mol. The number of aliphatic hydroxyl groups is 2. The Bertz CT molecular complexity index is 769. The predicted molar refractivity (Wildman–Crippen MR) is 176 cm³/mol. The highest BCUT2D eigenvalue weighted by Crippen LogP contribution is 2.37. The highest BCUT2D eigenvalue weighted by Gasteiger charge is 2.46. The van der Waals surface area contributed by atoms with Crippen LogP contribution in [0.25, 0.3) is 0 Å². The van der Waals surface area contributed by atoms with Crippen LogP contribution in [0.5, 0.6) is 0 Å². The molecule has 0 fully saturated rings. The Balaban J connectivity index is 4.50. The van der Waals surface area contributed by atoms with E-state index in [1.165, 1.54) is 12.5 Å². The zero-order valence-electron chi connectivity index (χ0n) is 29.7. The molecule has 0 spiro atoms. The number of halogens is 1. The van der Waals surface area contributed by atoms with Gasteiger partial charge in [0.15, 0.2) is 0 Å². The second kappa shape index (κ2) is 24.7. The summed E-state index contributed by atoms with van der Waals surface area (Å²) in [6, 6.07) is 0. The zero-order valence-corrected chi connectivity index (χ0v) is 29.7. The van der Waals surface area contributed by atoms with Crippen molar-refractivity contribution in [3.8, 4) is 0 Å². The van der Waals surface area contributed by atoms with E-state index in [-0.39, 0.29) is 52.7 Å². The van der Waals surface area contributed by atoms with E-state index in [0.29, 0.717) is 58.9 Å². The maximum absolute atomic E-state index is 16.1. The first-order valence-corrected chi connectivity index (χ1v) is 16.4. The van der Waals surface area contributed by atoms with Crippen molar-refractivity contribution in [1.29, 1.82) is 0 Å². The molecule has 0 rings (SSSR count). The summed E-state index contributed by atoms with van der Waals surface area (Å²) in [6.07, 6.45) is 3.05. The molecule has 0 aromatic rings. The lowest BCUT2D eigenvalue weighted by atomic mass is 9.82. The van der Waals surface area contributed by atoms with Crippen LogP contribution in [0.4, 0.5) is 4.39 Å². The lowest BCUT2D eigenvalue weighted by Crippen LogP contribution is -2.52. The molecule has 0 saturated heterocycles. The Kier molecular flexibility index (Phi) is 24.0. The third-order valence-electron chi connectivity index (χ3n) is 7.98. The molecule has 0 saturated carbocycles. The lowest BCUT2D eigenvalue weighted by Gasteiger charge is -2.43. The van der Waals surface area contributed by atoms with Crippen LogP contribution >= 0.6 is 0 Å². The molecule has 2 N–H and O–H groups in total. The summed E-state index contributed by atoms with van der Waals surface area (Å²) in [5.74, 6) is 0. The van der Waals surface area contributed by atoms with Gasteiger partial charge in [-0.3, -0.25) is 0 Å². The third kappa shape index (κ3) is 20.8. The molecule has 11 nitrogen and oxygen atoms in total. The average Bonchev–Trinajstić information content (AvgIpc) is 3.01. The molecule has 12 heteroatoms. The average molecular weight is 669 g/mol. The van der Waals surface area contributed by atoms with Gasteiger partial charge in [-0.05, 0) is 53.9 Å². The van der Waals surface area contributed by atoms with Gasteiger partial charge in [0.2, 0.25) is 0 Å². The van der Waals surface area contributed by atoms with Gasteiger partial charge in [-0.25, -0.2) is 4.39 Å². The molecular formula is C34H65FO11. The van der Waals surface area contributed by atoms with Crippen molar-refractivity contribution in [2.75, 3.05) is 85.9 Å². The first kappa shape index (κ1) is 44.6. The number of hydrogen-bond acceptors (Lipinski definition) is 11. The van der Waals surface area contributed by atoms with Crippen LogP contribution in [0.2, 0.25) is 0 Å². The fourth-order valence-electron chi connectivity index (χ4n) is 4.05. The Morgan fingerprint density at radius 1 is 0.609 bits per heavy atom. The molecule has 46 heavy (non-hydrogen) atoms. The highest BCUT2D eigenvalue weighted by atomic mass is 19.1. The van der Waals surface area contributed by atoms with E-state index < -0.39 is 34.7 Å². The molecule has 0 aliphatic carbocycles. The topological polar surface area (TPSA) is 124 Å². The molecule has 0 aliphatic heterocycles. The molecule has 0 heterocycles. The molecule has 274 valence electrons. The predicted octanol–water partition coefficient (Wildman–Crippen LogP) is 4.77. The minimum atomic E-state index is -1.66. The fraction of sp³-hybridized carbons (Fsp3) is 0.882. The van der Waals surface area contributed by atoms with Gasteiger partial charge in [-0.1, -0.05) is 27.0 Å². The van der Waals surface area contributed by atoms with Crippen molar-refractivity contribution in [2.45, 2.75) is 109 Å². The Morgan fingerprint density at radius 3 is 1.54 bits per heavy atom. The van der Waals surface area contributed by atoms with Gasteiger partial charge in [0.1, 0.15) is 31.1 Å². The van der Waals surface area contributed by atoms with Gasteiger partial charge in [0, 0.05) is 13.0 Å². The quantitative estimate of drug-likeness (QED) is 0.0743. The van der Waals surface area contributed by atoms with Crippen LogP contribution < -0.4 is 0 Å². The van der Waals surface area contributed by atoms with E-state index in [0.717, 1.165) is 0 Å². The number of rotatable bonds is 33. The van der Waals surface area contributed by atoms with Crippen molar-refractivity contribution < 1.29 is 57.2 Å². The standard InChI is InChI=1S/C34H65FO11/c1-10-32(7,45-23-22-43-27-30(37)26-42-21-19-39-13-4)28-46-34(9,11-2)33(8,35)15-17-44-31(5,6)14-16-40-24-29(36)25-41-20-18-38-12-3/h12-13,29-30,36-37H,3-4,10-11,14-28H2,1-2,5-9H3. The number of hydrogen-bond donors (Lipinski definition) is 2. The molecule has 0 aliphatic rings. The van der Waals surface area contributed by atoms with E-state index >= 15 is 4.39 Å². The second-order valence-electron chi connectivity index (χ2n) is 12.5. The van der Waals surface area contributed by atoms with Gasteiger partial charge in [-0.15, -0.1) is 0 Å². The first-order valence-electron chi connectivity index (χ1n) is 16.4. The van der Waals surface area contributed by atoms with E-state index in [4.69, 9.17) is 42.6 Å². The van der Waals surface area contributed by atoms with Crippen molar-refractivity contribution in [3.05, 3.63) is 25.7 Å². The fourth-order valence-corrected chi connectivity index (χ4v) is 4.05. The minimum absolute atomic E-state index is 0.122. The van der Waals surface area contributed by atoms with E-state index in [2.05, 4.69) is 13.2 Å². The SMILES string of the molecule is C=COCCOCC(O)COCCOC(C)(CC)COC(C)(CC)C(C)(F)CCOC(C)(C)CCOCC(O)COCCOC=C. The van der Waals surface area contributed by atoms with Crippen LogP contribution in [0, 0.1) is 0 Å². The maximum atomic E-state index is 16.1. The molecule has 0 aromatic heterocycles. The Hall–Kier alpha value is -1.35. The smallest absolute Gasteiger partial charge is 0.138 e. The third-order valence-corrected chi connectivity index (χ3v) is 7.98. The zero-order chi connectivity index (χ0) is 35.0. The number of aliphatic hydroxyl groups excluding tert-OH is 2. The molecule has 5 unspecified atom stereocenters. The highest BCUT2D eigenvalue weighted by molar-refractivity contribution is 4.96. The van der Waals surface area contributed by atoms with Gasteiger partial charge in [0.05, 0.1) is 95.4 Å². The van der Waals surface area contributed by atoms with Crippen molar-refractivity contribution in [3.63, 3.8) is 0 Å². The van der Waals surface area contributed by atoms with Gasteiger partial charge >= 0.3 is 0 Å². The molecule has 5 atom stereocenters. The maximum Gasteiger partial charge on any atom is 0.138 e. The summed E-state index contributed by atoms with van der Waals surface area (Å²) in [5, 5.41) is 19.9. The van der Waals surface area contributed by atoms with E-state index in [9.17, 15) is 10.2 Å². The van der Waals surface area contributed by atoms with E-state index in [1.807, 2.05) is 34.6 Å². The summed E-state index contributed by atoms with van der Waals surface area (Å²) in [6.45, 7) is 23.4. The van der Waals surface area contributed by atoms with Crippen molar-refractivity contribution >= 4 is 0 Å². The van der Waals surface area contributed by atoms with Crippen molar-refractivity contribution in [1.82, 2.24) is 0 Å². The van der Waals surface area contributed by atoms with E-state index in [1.54, 1.807) is 13.8 Å². The number of ether oxygens (including phenoxy) is 9. The Labute approximate surface area is 277 Å². The van der Waals surface area contributed by atoms with Gasteiger partial charge in [-0.2, -0.15) is 0 Å². The normalized spacial score (nSPS) is 17.3. The molecule has 0 amide bonds. The van der Waals surface area contributed by atoms with Crippen molar-refractivity contribution in [2.24, 2.45) is 0 Å². The minimum Gasteiger partial charge on any atom is -0.499 e. The summed E-state index contributed by atoms with van der Waals surface area (Å²) in [5.41, 5.74) is -3.90. The molecule has 0 bridgehead atoms.